The quantitative estimate of drug-likeness (QED) is 0.710. The highest BCUT2D eigenvalue weighted by molar-refractivity contribution is 6.57. The van der Waals surface area contributed by atoms with E-state index in [1.165, 1.54) is 19.8 Å². The molecule has 1 N–H and O–H groups in total. The van der Waals surface area contributed by atoms with Gasteiger partial charge in [-0.05, 0) is 25.2 Å². The third kappa shape index (κ3) is 2.83. The summed E-state index contributed by atoms with van der Waals surface area (Å²) in [5, 5.41) is 2.72. The van der Waals surface area contributed by atoms with Crippen molar-refractivity contribution in [1.29, 1.82) is 0 Å². The predicted octanol–water partition coefficient (Wildman–Crippen LogP) is 2.10. The molecule has 1 saturated carbocycles. The maximum absolute atomic E-state index is 11.2. The van der Waals surface area contributed by atoms with E-state index in [0.717, 1.165) is 0 Å². The molecule has 0 bridgehead atoms. The molecule has 0 saturated heterocycles. The summed E-state index contributed by atoms with van der Waals surface area (Å²) in [5.41, 5.74) is 0.300. The maximum atomic E-state index is 11.2. The Morgan fingerprint density at radius 1 is 1.58 bits per heavy atom. The van der Waals surface area contributed by atoms with Crippen molar-refractivity contribution in [3.63, 3.8) is 0 Å². The Morgan fingerprint density at radius 3 is 2.42 bits per heavy atom. The maximum Gasteiger partial charge on any atom is 0.256 e. The van der Waals surface area contributed by atoms with Crippen molar-refractivity contribution in [1.82, 2.24) is 5.32 Å². The molecule has 0 heterocycles. The van der Waals surface area contributed by atoms with Crippen LogP contribution in [0.4, 0.5) is 0 Å². The number of amides is 1. The fourth-order valence-corrected chi connectivity index (χ4v) is 0.973. The fourth-order valence-electron chi connectivity index (χ4n) is 0.839. The van der Waals surface area contributed by atoms with Gasteiger partial charge in [0.25, 0.3) is 5.91 Å². The van der Waals surface area contributed by atoms with Gasteiger partial charge < -0.3 is 5.32 Å². The van der Waals surface area contributed by atoms with E-state index in [2.05, 4.69) is 12.2 Å². The number of carbonyl (C=O) groups excluding carboxylic acids is 1. The van der Waals surface area contributed by atoms with Crippen molar-refractivity contribution in [3.8, 4) is 0 Å². The zero-order chi connectivity index (χ0) is 9.41. The smallest absolute Gasteiger partial charge is 0.256 e. The SMILES string of the molecule is CC1(CNC(=O)C(C)(Cl)Cl)CC1. The lowest BCUT2D eigenvalue weighted by atomic mass is 10.1. The van der Waals surface area contributed by atoms with Crippen LogP contribution in [0.5, 0.6) is 0 Å². The van der Waals surface area contributed by atoms with Crippen LogP contribution in [0.25, 0.3) is 0 Å². The first-order valence-electron chi connectivity index (χ1n) is 4.00. The van der Waals surface area contributed by atoms with Crippen molar-refractivity contribution < 1.29 is 4.79 Å². The summed E-state index contributed by atoms with van der Waals surface area (Å²) in [7, 11) is 0. The highest BCUT2D eigenvalue weighted by Crippen LogP contribution is 2.44. The van der Waals surface area contributed by atoms with E-state index in [1.807, 2.05) is 0 Å². The van der Waals surface area contributed by atoms with Crippen LogP contribution in [0.1, 0.15) is 26.7 Å². The molecule has 4 heteroatoms. The molecule has 0 aromatic carbocycles. The lowest BCUT2D eigenvalue weighted by Gasteiger charge is -2.15. The Labute approximate surface area is 82.6 Å². The average Bonchev–Trinajstić information content (AvgIpc) is 2.62. The van der Waals surface area contributed by atoms with E-state index < -0.39 is 4.33 Å². The molecule has 0 aromatic heterocycles. The number of rotatable bonds is 3. The number of halogens is 2. The summed E-state index contributed by atoms with van der Waals surface area (Å²) in [5.74, 6) is -0.307. The molecule has 1 rings (SSSR count). The monoisotopic (exact) mass is 209 g/mol. The van der Waals surface area contributed by atoms with Gasteiger partial charge >= 0.3 is 0 Å². The van der Waals surface area contributed by atoms with Crippen LogP contribution in [0.2, 0.25) is 0 Å². The minimum Gasteiger partial charge on any atom is -0.353 e. The number of hydrogen-bond acceptors (Lipinski definition) is 1. The molecule has 12 heavy (non-hydrogen) atoms. The highest BCUT2D eigenvalue weighted by Gasteiger charge is 2.38. The van der Waals surface area contributed by atoms with Gasteiger partial charge in [0.2, 0.25) is 0 Å². The summed E-state index contributed by atoms with van der Waals surface area (Å²) in [4.78, 5) is 11.2. The summed E-state index contributed by atoms with van der Waals surface area (Å²) in [6.45, 7) is 4.29. The van der Waals surface area contributed by atoms with Crippen LogP contribution >= 0.6 is 23.2 Å². The third-order valence-corrected chi connectivity index (χ3v) is 2.52. The Morgan fingerprint density at radius 2 is 2.08 bits per heavy atom. The first-order chi connectivity index (χ1) is 5.33. The number of nitrogens with one attached hydrogen (secondary N) is 1. The van der Waals surface area contributed by atoms with Crippen LogP contribution in [0.3, 0.4) is 0 Å². The first-order valence-corrected chi connectivity index (χ1v) is 4.75. The van der Waals surface area contributed by atoms with E-state index in [0.29, 0.717) is 12.0 Å². The minimum atomic E-state index is -1.30. The molecule has 1 aliphatic carbocycles. The van der Waals surface area contributed by atoms with Gasteiger partial charge in [0.1, 0.15) is 0 Å². The van der Waals surface area contributed by atoms with E-state index in [-0.39, 0.29) is 5.91 Å². The van der Waals surface area contributed by atoms with Gasteiger partial charge in [0.05, 0.1) is 0 Å². The second-order valence-electron chi connectivity index (χ2n) is 3.88. The van der Waals surface area contributed by atoms with E-state index in [9.17, 15) is 4.79 Å². The van der Waals surface area contributed by atoms with Crippen molar-refractivity contribution in [2.45, 2.75) is 31.0 Å². The summed E-state index contributed by atoms with van der Waals surface area (Å²) >= 11 is 11.2. The lowest BCUT2D eigenvalue weighted by molar-refractivity contribution is -0.121. The fraction of sp³-hybridized carbons (Fsp3) is 0.875. The topological polar surface area (TPSA) is 29.1 Å². The van der Waals surface area contributed by atoms with Gasteiger partial charge in [-0.3, -0.25) is 4.79 Å². The van der Waals surface area contributed by atoms with Crippen molar-refractivity contribution in [2.24, 2.45) is 5.41 Å². The van der Waals surface area contributed by atoms with Crippen molar-refractivity contribution >= 4 is 29.1 Å². The van der Waals surface area contributed by atoms with Crippen LogP contribution in [-0.4, -0.2) is 16.8 Å². The largest absolute Gasteiger partial charge is 0.353 e. The zero-order valence-electron chi connectivity index (χ0n) is 7.29. The molecule has 1 fully saturated rings. The predicted molar refractivity (Wildman–Crippen MR) is 50.5 cm³/mol. The molecular weight excluding hydrogens is 197 g/mol. The number of alkyl halides is 2. The van der Waals surface area contributed by atoms with Gasteiger partial charge in [0, 0.05) is 6.54 Å². The average molecular weight is 210 g/mol. The zero-order valence-corrected chi connectivity index (χ0v) is 8.80. The summed E-state index contributed by atoms with van der Waals surface area (Å²) in [6, 6.07) is 0. The molecule has 70 valence electrons. The molecule has 0 radical (unpaired) electrons. The van der Waals surface area contributed by atoms with Crippen LogP contribution < -0.4 is 5.32 Å². The molecular formula is C8H13Cl2NO. The van der Waals surface area contributed by atoms with Gasteiger partial charge in [-0.1, -0.05) is 30.1 Å². The third-order valence-electron chi connectivity index (χ3n) is 2.18. The molecule has 1 amide bonds. The van der Waals surface area contributed by atoms with Gasteiger partial charge in [-0.2, -0.15) is 0 Å². The summed E-state index contributed by atoms with van der Waals surface area (Å²) in [6.07, 6.45) is 2.35. The minimum absolute atomic E-state index is 0.300. The van der Waals surface area contributed by atoms with E-state index in [4.69, 9.17) is 23.2 Å². The molecule has 0 aromatic rings. The molecule has 0 spiro atoms. The van der Waals surface area contributed by atoms with Crippen LogP contribution in [0, 0.1) is 5.41 Å². The first kappa shape index (κ1) is 10.1. The van der Waals surface area contributed by atoms with Crippen LogP contribution in [0.15, 0.2) is 0 Å². The Balaban J connectivity index is 2.28. The Bertz CT molecular complexity index is 194. The van der Waals surface area contributed by atoms with E-state index in [1.54, 1.807) is 0 Å². The van der Waals surface area contributed by atoms with Gasteiger partial charge in [-0.25, -0.2) is 0 Å². The summed E-state index contributed by atoms with van der Waals surface area (Å²) < 4.78 is -1.30. The second kappa shape index (κ2) is 3.08. The highest BCUT2D eigenvalue weighted by atomic mass is 35.5. The standard InChI is InChI=1S/C8H13Cl2NO/c1-7(3-4-7)5-11-6(12)8(2,9)10/h3-5H2,1-2H3,(H,11,12). The Hall–Kier alpha value is 0.0500. The Kier molecular flexibility index (Phi) is 2.60. The number of carbonyl (C=O) groups is 1. The van der Waals surface area contributed by atoms with Crippen molar-refractivity contribution in [3.05, 3.63) is 0 Å². The molecule has 1 aliphatic rings. The van der Waals surface area contributed by atoms with Gasteiger partial charge in [0.15, 0.2) is 4.33 Å². The lowest BCUT2D eigenvalue weighted by Crippen LogP contribution is -2.38. The second-order valence-corrected chi connectivity index (χ2v) is 5.59. The molecule has 0 atom stereocenters. The van der Waals surface area contributed by atoms with E-state index >= 15 is 0 Å². The normalized spacial score (nSPS) is 20.3. The molecule has 2 nitrogen and oxygen atoms in total. The van der Waals surface area contributed by atoms with Crippen LogP contribution in [-0.2, 0) is 4.79 Å². The molecule has 0 aliphatic heterocycles. The van der Waals surface area contributed by atoms with Crippen molar-refractivity contribution in [2.75, 3.05) is 6.54 Å². The number of hydrogen-bond donors (Lipinski definition) is 1. The molecule has 0 unspecified atom stereocenters. The van der Waals surface area contributed by atoms with Gasteiger partial charge in [-0.15, -0.1) is 0 Å².